The average molecular weight is 467 g/mol. The van der Waals surface area contributed by atoms with Gasteiger partial charge in [-0.3, -0.25) is 13.9 Å². The third-order valence-corrected chi connectivity index (χ3v) is 5.84. The summed E-state index contributed by atoms with van der Waals surface area (Å²) in [6.45, 7) is 5.48. The molecule has 2 aromatic carbocycles. The van der Waals surface area contributed by atoms with Gasteiger partial charge >= 0.3 is 5.69 Å². The lowest BCUT2D eigenvalue weighted by Crippen LogP contribution is -2.42. The third-order valence-electron chi connectivity index (χ3n) is 5.52. The van der Waals surface area contributed by atoms with Crippen LogP contribution in [0.1, 0.15) is 25.8 Å². The van der Waals surface area contributed by atoms with E-state index in [1.807, 2.05) is 47.0 Å². The van der Waals surface area contributed by atoms with Crippen molar-refractivity contribution in [3.63, 3.8) is 0 Å². The van der Waals surface area contributed by atoms with Crippen LogP contribution in [0.3, 0.4) is 0 Å². The predicted molar refractivity (Wildman–Crippen MR) is 130 cm³/mol. The molecule has 8 heteroatoms. The number of rotatable bonds is 9. The first-order valence-electron chi connectivity index (χ1n) is 11.1. The molecule has 0 aliphatic carbocycles. The number of hydrogen-bond acceptors (Lipinski definition) is 4. The van der Waals surface area contributed by atoms with E-state index in [9.17, 15) is 9.59 Å². The molecular weight excluding hydrogens is 440 g/mol. The fourth-order valence-corrected chi connectivity index (χ4v) is 3.91. The zero-order valence-corrected chi connectivity index (χ0v) is 19.5. The molecule has 0 saturated carbocycles. The van der Waals surface area contributed by atoms with Gasteiger partial charge in [0.1, 0.15) is 12.4 Å². The van der Waals surface area contributed by atoms with Crippen LogP contribution in [0.4, 0.5) is 0 Å². The van der Waals surface area contributed by atoms with E-state index in [1.54, 1.807) is 23.0 Å². The number of fused-ring (bicyclic) bond motifs is 1. The van der Waals surface area contributed by atoms with Crippen molar-refractivity contribution in [3.05, 3.63) is 92.3 Å². The maximum atomic E-state index is 13.4. The number of aryl methyl sites for hydroxylation is 1. The van der Waals surface area contributed by atoms with E-state index in [0.29, 0.717) is 40.9 Å². The lowest BCUT2D eigenvalue weighted by molar-refractivity contribution is 0.292. The summed E-state index contributed by atoms with van der Waals surface area (Å²) in [6.07, 6.45) is 2.55. The Kier molecular flexibility index (Phi) is 6.99. The van der Waals surface area contributed by atoms with Gasteiger partial charge in [-0.15, -0.1) is 0 Å². The monoisotopic (exact) mass is 466 g/mol. The number of halogens is 1. The topological polar surface area (TPSA) is 71.1 Å². The maximum absolute atomic E-state index is 13.4. The third kappa shape index (κ3) is 5.03. The summed E-state index contributed by atoms with van der Waals surface area (Å²) in [5.74, 6) is 0.990. The summed E-state index contributed by atoms with van der Waals surface area (Å²) >= 11 is 6.16. The van der Waals surface area contributed by atoms with Crippen LogP contribution in [-0.2, 0) is 19.6 Å². The quantitative estimate of drug-likeness (QED) is 0.371. The Balaban J connectivity index is 1.74. The van der Waals surface area contributed by atoms with Crippen molar-refractivity contribution < 1.29 is 4.74 Å². The summed E-state index contributed by atoms with van der Waals surface area (Å²) in [4.78, 5) is 31.2. The molecule has 0 aliphatic rings. The summed E-state index contributed by atoms with van der Waals surface area (Å²) in [7, 11) is 0. The average Bonchev–Trinajstić information content (AvgIpc) is 3.23. The highest BCUT2D eigenvalue weighted by atomic mass is 35.5. The summed E-state index contributed by atoms with van der Waals surface area (Å²) < 4.78 is 10.4. The van der Waals surface area contributed by atoms with Crippen LogP contribution in [0, 0.1) is 5.92 Å². The van der Waals surface area contributed by atoms with E-state index in [1.165, 1.54) is 4.57 Å². The van der Waals surface area contributed by atoms with Crippen LogP contribution < -0.4 is 16.0 Å². The molecule has 2 aromatic heterocycles. The minimum Gasteiger partial charge on any atom is -0.490 e. The van der Waals surface area contributed by atoms with Crippen molar-refractivity contribution in [1.82, 2.24) is 18.7 Å². The number of aromatic nitrogens is 4. The van der Waals surface area contributed by atoms with Crippen molar-refractivity contribution in [2.24, 2.45) is 5.92 Å². The van der Waals surface area contributed by atoms with Gasteiger partial charge in [0.25, 0.3) is 5.56 Å². The number of nitrogens with zero attached hydrogens (tertiary/aromatic N) is 4. The molecule has 7 nitrogen and oxygen atoms in total. The van der Waals surface area contributed by atoms with E-state index in [-0.39, 0.29) is 18.7 Å². The van der Waals surface area contributed by atoms with E-state index in [4.69, 9.17) is 16.3 Å². The van der Waals surface area contributed by atoms with Gasteiger partial charge < -0.3 is 9.30 Å². The molecule has 33 heavy (non-hydrogen) atoms. The molecule has 0 fully saturated rings. The van der Waals surface area contributed by atoms with E-state index in [0.717, 1.165) is 12.0 Å². The van der Waals surface area contributed by atoms with Crippen LogP contribution in [0.5, 0.6) is 5.75 Å². The Labute approximate surface area is 196 Å². The maximum Gasteiger partial charge on any atom is 0.333 e. The minimum absolute atomic E-state index is 0.100. The van der Waals surface area contributed by atoms with Gasteiger partial charge in [0, 0.05) is 6.54 Å². The Hall–Kier alpha value is -3.32. The molecular formula is C25H27ClN4O3. The van der Waals surface area contributed by atoms with Gasteiger partial charge in [-0.25, -0.2) is 9.78 Å². The predicted octanol–water partition coefficient (Wildman–Crippen LogP) is 4.19. The molecule has 0 atom stereocenters. The van der Waals surface area contributed by atoms with Gasteiger partial charge in [-0.1, -0.05) is 67.9 Å². The molecule has 0 N–H and O–H groups in total. The molecule has 0 saturated heterocycles. The second-order valence-electron chi connectivity index (χ2n) is 8.38. The summed E-state index contributed by atoms with van der Waals surface area (Å²) in [5.41, 5.74) is 1.02. The van der Waals surface area contributed by atoms with Gasteiger partial charge in [0.2, 0.25) is 0 Å². The van der Waals surface area contributed by atoms with Crippen molar-refractivity contribution >= 4 is 22.8 Å². The van der Waals surface area contributed by atoms with Gasteiger partial charge in [0.15, 0.2) is 11.2 Å². The van der Waals surface area contributed by atoms with Crippen LogP contribution >= 0.6 is 11.6 Å². The molecule has 0 bridgehead atoms. The molecule has 0 spiro atoms. The first-order chi connectivity index (χ1) is 16.0. The number of hydrogen-bond donors (Lipinski definition) is 0. The van der Waals surface area contributed by atoms with Crippen LogP contribution in [0.25, 0.3) is 11.2 Å². The molecule has 4 aromatic rings. The fraction of sp³-hybridized carbons (Fsp3) is 0.320. The van der Waals surface area contributed by atoms with E-state index in [2.05, 4.69) is 18.8 Å². The van der Waals surface area contributed by atoms with Crippen molar-refractivity contribution in [2.75, 3.05) is 6.61 Å². The number of para-hydroxylation sites is 1. The highest BCUT2D eigenvalue weighted by molar-refractivity contribution is 6.32. The van der Waals surface area contributed by atoms with Gasteiger partial charge in [-0.05, 0) is 30.0 Å². The smallest absolute Gasteiger partial charge is 0.333 e. The van der Waals surface area contributed by atoms with Crippen molar-refractivity contribution in [3.8, 4) is 5.75 Å². The zero-order valence-electron chi connectivity index (χ0n) is 18.8. The number of imidazole rings is 1. The highest BCUT2D eigenvalue weighted by Gasteiger charge is 2.18. The van der Waals surface area contributed by atoms with E-state index >= 15 is 0 Å². The second kappa shape index (κ2) is 10.1. The molecule has 0 amide bonds. The largest absolute Gasteiger partial charge is 0.490 e. The SMILES string of the molecule is CC(C)CCn1cnc2c1c(=O)n(CCOc1ccccc1Cl)c(=O)n2Cc1ccccc1. The molecule has 4 rings (SSSR count). The van der Waals surface area contributed by atoms with E-state index < -0.39 is 5.69 Å². The molecule has 2 heterocycles. The normalized spacial score (nSPS) is 11.4. The molecule has 172 valence electrons. The Bertz CT molecular complexity index is 1360. The first-order valence-corrected chi connectivity index (χ1v) is 11.4. The van der Waals surface area contributed by atoms with Crippen molar-refractivity contribution in [2.45, 2.75) is 39.9 Å². The number of benzene rings is 2. The Morgan fingerprint density at radius 1 is 0.970 bits per heavy atom. The van der Waals surface area contributed by atoms with Crippen LogP contribution in [0.15, 0.2) is 70.5 Å². The first kappa shape index (κ1) is 22.9. The summed E-state index contributed by atoms with van der Waals surface area (Å²) in [6, 6.07) is 16.8. The standard InChI is InChI=1S/C25H27ClN4O3/c1-18(2)12-13-28-17-27-23-22(28)24(31)29(14-15-33-21-11-7-6-10-20(21)26)25(32)30(23)16-19-8-4-3-5-9-19/h3-11,17-18H,12-16H2,1-2H3. The fourth-order valence-electron chi connectivity index (χ4n) is 3.72. The minimum atomic E-state index is -0.409. The highest BCUT2D eigenvalue weighted by Crippen LogP contribution is 2.22. The van der Waals surface area contributed by atoms with Crippen LogP contribution in [0.2, 0.25) is 5.02 Å². The Morgan fingerprint density at radius 3 is 2.42 bits per heavy atom. The van der Waals surface area contributed by atoms with Gasteiger partial charge in [0.05, 0.1) is 24.4 Å². The Morgan fingerprint density at radius 2 is 1.70 bits per heavy atom. The lowest BCUT2D eigenvalue weighted by atomic mass is 10.1. The van der Waals surface area contributed by atoms with Crippen LogP contribution in [-0.4, -0.2) is 25.3 Å². The lowest BCUT2D eigenvalue weighted by Gasteiger charge is -2.14. The van der Waals surface area contributed by atoms with Crippen molar-refractivity contribution in [1.29, 1.82) is 0 Å². The summed E-state index contributed by atoms with van der Waals surface area (Å²) in [5, 5.41) is 0.480. The van der Waals surface area contributed by atoms with Gasteiger partial charge in [-0.2, -0.15) is 0 Å². The molecule has 0 radical (unpaired) electrons. The number of ether oxygens (including phenoxy) is 1. The molecule has 0 unspecified atom stereocenters. The molecule has 0 aliphatic heterocycles. The zero-order chi connectivity index (χ0) is 23.4. The second-order valence-corrected chi connectivity index (χ2v) is 8.79.